The first-order chi connectivity index (χ1) is 17.0. The lowest BCUT2D eigenvalue weighted by atomic mass is 10.2. The predicted molar refractivity (Wildman–Crippen MR) is 127 cm³/mol. The Labute approximate surface area is 210 Å². The summed E-state index contributed by atoms with van der Waals surface area (Å²) in [6.45, 7) is 1.13. The largest absolute Gasteiger partial charge is 0.433 e. The first-order valence-corrected chi connectivity index (χ1v) is 13.1. The van der Waals surface area contributed by atoms with E-state index in [1.165, 1.54) is 30.9 Å². The maximum absolute atomic E-state index is 13.6. The van der Waals surface area contributed by atoms with Gasteiger partial charge in [-0.15, -0.1) is 11.6 Å². The average molecular weight is 551 g/mol. The van der Waals surface area contributed by atoms with Gasteiger partial charge in [-0.1, -0.05) is 0 Å². The van der Waals surface area contributed by atoms with E-state index in [1.54, 1.807) is 0 Å². The van der Waals surface area contributed by atoms with Crippen LogP contribution in [0.3, 0.4) is 0 Å². The Balaban J connectivity index is 1.69. The highest BCUT2D eigenvalue weighted by Crippen LogP contribution is 2.52. The van der Waals surface area contributed by atoms with Crippen LogP contribution < -0.4 is 11.2 Å². The molecule has 2 aromatic heterocycles. The number of nitro groups is 1. The van der Waals surface area contributed by atoms with Crippen molar-refractivity contribution in [2.75, 3.05) is 26.1 Å². The van der Waals surface area contributed by atoms with Gasteiger partial charge in [0.25, 0.3) is 5.56 Å². The number of nitrogens with zero attached hydrogens (tertiary/aromatic N) is 3. The lowest BCUT2D eigenvalue weighted by Crippen LogP contribution is -2.33. The molecule has 0 bridgehead atoms. The number of nitrogens with one attached hydrogen (secondary N) is 1. The van der Waals surface area contributed by atoms with Crippen molar-refractivity contribution in [2.24, 2.45) is 0 Å². The fourth-order valence-corrected chi connectivity index (χ4v) is 5.15. The molecule has 0 saturated carbocycles. The van der Waals surface area contributed by atoms with Crippen LogP contribution in [0.1, 0.15) is 36.8 Å². The number of alkyl halides is 1. The molecule has 14 nitrogen and oxygen atoms in total. The molecule has 1 aliphatic rings. The molecule has 3 rings (SSSR count). The van der Waals surface area contributed by atoms with Crippen LogP contribution in [0.25, 0.3) is 0 Å². The SMILES string of the molecule is Cc1cn([C@H]2C[C@H](O)[C@@H](COP(=O)(OCc3ccc([N+](=O)[O-])o3)N(C)CCCCCl)O2)c(=O)[nH]c1=O. The molecule has 0 aromatic carbocycles. The number of ether oxygens (including phenoxy) is 1. The molecule has 1 saturated heterocycles. The number of aryl methyl sites for hydroxylation is 1. The molecule has 36 heavy (non-hydrogen) atoms. The molecule has 1 unspecified atom stereocenters. The lowest BCUT2D eigenvalue weighted by Gasteiger charge is -2.28. The number of hydrogen-bond acceptors (Lipinski definition) is 10. The molecule has 3 heterocycles. The summed E-state index contributed by atoms with van der Waals surface area (Å²) in [5, 5.41) is 21.3. The highest BCUT2D eigenvalue weighted by molar-refractivity contribution is 7.51. The third-order valence-electron chi connectivity index (χ3n) is 5.54. The summed E-state index contributed by atoms with van der Waals surface area (Å²) in [5.41, 5.74) is -0.918. The Kier molecular flexibility index (Phi) is 9.64. The summed E-state index contributed by atoms with van der Waals surface area (Å²) in [6.07, 6.45) is -0.251. The number of aliphatic hydroxyl groups excluding tert-OH is 1. The van der Waals surface area contributed by atoms with Crippen molar-refractivity contribution in [1.82, 2.24) is 14.2 Å². The zero-order valence-electron chi connectivity index (χ0n) is 19.7. The van der Waals surface area contributed by atoms with Gasteiger partial charge in [0, 0.05) is 30.6 Å². The molecule has 2 aromatic rings. The third kappa shape index (κ3) is 6.91. The molecule has 0 amide bonds. The van der Waals surface area contributed by atoms with Gasteiger partial charge in [0.2, 0.25) is 0 Å². The number of aromatic nitrogens is 2. The fourth-order valence-electron chi connectivity index (χ4n) is 3.48. The molecule has 2 N–H and O–H groups in total. The van der Waals surface area contributed by atoms with Crippen LogP contribution >= 0.6 is 19.3 Å². The maximum Gasteiger partial charge on any atom is 0.433 e. The van der Waals surface area contributed by atoms with E-state index in [-0.39, 0.29) is 25.4 Å². The fraction of sp³-hybridized carbons (Fsp3) is 0.600. The van der Waals surface area contributed by atoms with Gasteiger partial charge in [-0.05, 0) is 32.9 Å². The lowest BCUT2D eigenvalue weighted by molar-refractivity contribution is -0.402. The van der Waals surface area contributed by atoms with Crippen molar-refractivity contribution in [2.45, 2.75) is 51.2 Å². The summed E-state index contributed by atoms with van der Waals surface area (Å²) in [5.74, 6) is 0.00834. The summed E-state index contributed by atoms with van der Waals surface area (Å²) in [6, 6.07) is 2.48. The maximum atomic E-state index is 13.6. The minimum Gasteiger partial charge on any atom is -0.403 e. The molecule has 1 fully saturated rings. The highest BCUT2D eigenvalue weighted by atomic mass is 35.5. The van der Waals surface area contributed by atoms with Crippen molar-refractivity contribution in [3.05, 3.63) is 60.6 Å². The van der Waals surface area contributed by atoms with Crippen molar-refractivity contribution in [3.63, 3.8) is 0 Å². The number of halogens is 1. The van der Waals surface area contributed by atoms with Crippen LogP contribution in [0, 0.1) is 17.0 Å². The van der Waals surface area contributed by atoms with E-state index in [4.69, 9.17) is 29.8 Å². The van der Waals surface area contributed by atoms with E-state index in [2.05, 4.69) is 4.98 Å². The number of aromatic amines is 1. The summed E-state index contributed by atoms with van der Waals surface area (Å²) < 4.78 is 38.1. The average Bonchev–Trinajstić information content (AvgIpc) is 3.45. The predicted octanol–water partition coefficient (Wildman–Crippen LogP) is 2.29. The monoisotopic (exact) mass is 550 g/mol. The van der Waals surface area contributed by atoms with Gasteiger partial charge in [0.15, 0.2) is 0 Å². The van der Waals surface area contributed by atoms with Crippen LogP contribution in [0.5, 0.6) is 0 Å². The first-order valence-electron chi connectivity index (χ1n) is 11.1. The van der Waals surface area contributed by atoms with E-state index < -0.39 is 48.2 Å². The third-order valence-corrected chi connectivity index (χ3v) is 7.78. The molecular formula is C20H28ClN4O10P. The van der Waals surface area contributed by atoms with Crippen LogP contribution in [0.15, 0.2) is 32.3 Å². The number of furan rings is 1. The smallest absolute Gasteiger partial charge is 0.403 e. The van der Waals surface area contributed by atoms with Crippen molar-refractivity contribution < 1.29 is 32.8 Å². The number of rotatable bonds is 13. The van der Waals surface area contributed by atoms with E-state index >= 15 is 0 Å². The molecule has 0 aliphatic carbocycles. The van der Waals surface area contributed by atoms with Crippen LogP contribution in [-0.2, 0) is 25.0 Å². The van der Waals surface area contributed by atoms with Crippen LogP contribution in [-0.4, -0.2) is 62.5 Å². The minimum absolute atomic E-state index is 0.0339. The summed E-state index contributed by atoms with van der Waals surface area (Å²) >= 11 is 5.72. The number of unbranched alkanes of at least 4 members (excludes halogenated alkanes) is 1. The van der Waals surface area contributed by atoms with Gasteiger partial charge in [0.05, 0.1) is 18.8 Å². The van der Waals surface area contributed by atoms with E-state index in [9.17, 15) is 29.4 Å². The second-order valence-corrected chi connectivity index (χ2v) is 10.7. The summed E-state index contributed by atoms with van der Waals surface area (Å²) in [7, 11) is -2.45. The highest BCUT2D eigenvalue weighted by Gasteiger charge is 2.39. The number of H-pyrrole nitrogens is 1. The van der Waals surface area contributed by atoms with Crippen LogP contribution in [0.2, 0.25) is 0 Å². The normalized spacial score (nSPS) is 21.6. The molecule has 4 atom stereocenters. The Hall–Kier alpha value is -2.32. The van der Waals surface area contributed by atoms with Gasteiger partial charge in [0.1, 0.15) is 29.6 Å². The Bertz CT molecular complexity index is 1210. The van der Waals surface area contributed by atoms with Gasteiger partial charge in [-0.3, -0.25) is 33.5 Å². The Morgan fingerprint density at radius 2 is 2.11 bits per heavy atom. The van der Waals surface area contributed by atoms with E-state index in [0.717, 1.165) is 10.6 Å². The quantitative estimate of drug-likeness (QED) is 0.123. The zero-order valence-corrected chi connectivity index (χ0v) is 21.4. The molecule has 1 aliphatic heterocycles. The van der Waals surface area contributed by atoms with Crippen molar-refractivity contribution >= 4 is 25.2 Å². The van der Waals surface area contributed by atoms with Crippen molar-refractivity contribution in [1.29, 1.82) is 0 Å². The number of hydrogen-bond donors (Lipinski definition) is 2. The van der Waals surface area contributed by atoms with Gasteiger partial charge >= 0.3 is 19.3 Å². The minimum atomic E-state index is -3.97. The standard InChI is InChI=1S/C20H28ClN4O10P/c1-13-10-24(20(28)22-19(13)27)18-9-15(26)16(35-18)12-33-36(31,23(2)8-4-3-7-21)32-11-14-5-6-17(34-14)25(29)30/h5-6,10,15-16,18,26H,3-4,7-9,11-12H2,1-2H3,(H,22,27,28)/t15-,16+,18+,36?/m0/s1. The van der Waals surface area contributed by atoms with E-state index in [0.29, 0.717) is 30.8 Å². The second-order valence-electron chi connectivity index (χ2n) is 8.22. The van der Waals surface area contributed by atoms with Gasteiger partial charge in [-0.25, -0.2) is 14.0 Å². The van der Waals surface area contributed by atoms with Gasteiger partial charge in [-0.2, -0.15) is 0 Å². The molecule has 0 spiro atoms. The number of aliphatic hydroxyl groups is 1. The Morgan fingerprint density at radius 3 is 2.78 bits per heavy atom. The molecular weight excluding hydrogens is 523 g/mol. The molecule has 200 valence electrons. The zero-order chi connectivity index (χ0) is 26.5. The van der Waals surface area contributed by atoms with Crippen LogP contribution in [0.4, 0.5) is 5.88 Å². The summed E-state index contributed by atoms with van der Waals surface area (Å²) in [4.78, 5) is 36.1. The second kappa shape index (κ2) is 12.3. The van der Waals surface area contributed by atoms with Gasteiger partial charge < -0.3 is 14.3 Å². The topological polar surface area (TPSA) is 179 Å². The molecule has 16 heteroatoms. The first kappa shape index (κ1) is 28.3. The van der Waals surface area contributed by atoms with Crippen molar-refractivity contribution in [3.8, 4) is 0 Å². The Morgan fingerprint density at radius 1 is 1.36 bits per heavy atom. The van der Waals surface area contributed by atoms with E-state index in [1.807, 2.05) is 0 Å². The molecule has 0 radical (unpaired) electrons.